The van der Waals surface area contributed by atoms with Crippen LogP contribution in [-0.4, -0.2) is 43.4 Å². The summed E-state index contributed by atoms with van der Waals surface area (Å²) in [6.45, 7) is 8.13. The molecule has 0 saturated carbocycles. The lowest BCUT2D eigenvalue weighted by molar-refractivity contribution is -0.169. The van der Waals surface area contributed by atoms with Gasteiger partial charge in [0.15, 0.2) is 5.60 Å². The molecule has 0 aromatic carbocycles. The Kier molecular flexibility index (Phi) is 7.72. The van der Waals surface area contributed by atoms with Crippen LogP contribution in [0.25, 0.3) is 0 Å². The maximum Gasteiger partial charge on any atom is 0.337 e. The zero-order chi connectivity index (χ0) is 12.6. The average molecular weight is 253 g/mol. The van der Waals surface area contributed by atoms with Crippen LogP contribution in [0.3, 0.4) is 0 Å². The van der Waals surface area contributed by atoms with Gasteiger partial charge in [-0.15, -0.1) is 11.6 Å². The molecule has 16 heavy (non-hydrogen) atoms. The zero-order valence-electron chi connectivity index (χ0n) is 10.4. The summed E-state index contributed by atoms with van der Waals surface area (Å²) in [7, 11) is 0. The normalized spacial score (nSPS) is 11.9. The van der Waals surface area contributed by atoms with E-state index in [2.05, 4.69) is 0 Å². The summed E-state index contributed by atoms with van der Waals surface area (Å²) in [5.41, 5.74) is -0.952. The minimum atomic E-state index is -0.952. The molecular weight excluding hydrogens is 232 g/mol. The molecule has 0 amide bonds. The first-order chi connectivity index (χ1) is 7.40. The molecule has 0 aromatic heterocycles. The molecule has 0 aliphatic rings. The van der Waals surface area contributed by atoms with Gasteiger partial charge in [-0.3, -0.25) is 0 Å². The van der Waals surface area contributed by atoms with E-state index in [1.807, 2.05) is 13.8 Å². The summed E-state index contributed by atoms with van der Waals surface area (Å²) in [5, 5.41) is 0. The number of hydrogen-bond donors (Lipinski definition) is 0. The van der Waals surface area contributed by atoms with Crippen LogP contribution >= 0.6 is 11.6 Å². The van der Waals surface area contributed by atoms with E-state index in [0.717, 1.165) is 0 Å². The summed E-state index contributed by atoms with van der Waals surface area (Å²) >= 11 is 5.48. The molecule has 96 valence electrons. The van der Waals surface area contributed by atoms with Crippen LogP contribution in [0.1, 0.15) is 27.7 Å². The molecule has 0 aliphatic carbocycles. The third-order valence-electron chi connectivity index (χ3n) is 1.80. The molecule has 0 saturated heterocycles. The maximum atomic E-state index is 11.6. The summed E-state index contributed by atoms with van der Waals surface area (Å²) < 4.78 is 15.5. The highest BCUT2D eigenvalue weighted by Gasteiger charge is 2.29. The van der Waals surface area contributed by atoms with Crippen LogP contribution in [0, 0.1) is 0 Å². The molecule has 4 nitrogen and oxygen atoms in total. The molecule has 5 heteroatoms. The van der Waals surface area contributed by atoms with E-state index < -0.39 is 11.6 Å². The van der Waals surface area contributed by atoms with Crippen molar-refractivity contribution in [2.45, 2.75) is 39.4 Å². The Morgan fingerprint density at radius 1 is 1.25 bits per heavy atom. The van der Waals surface area contributed by atoms with E-state index in [1.165, 1.54) is 0 Å². The van der Waals surface area contributed by atoms with Gasteiger partial charge in [0.25, 0.3) is 0 Å². The lowest BCUT2D eigenvalue weighted by Crippen LogP contribution is -2.38. The Hall–Kier alpha value is -0.320. The predicted octanol–water partition coefficient (Wildman–Crippen LogP) is 1.99. The standard InChI is InChI=1S/C11H21ClO4/c1-9(2)14-7-8-15-10(13)11(3,4)16-6-5-12/h9H,5-8H2,1-4H3. The second kappa shape index (κ2) is 7.87. The Labute approximate surface area is 102 Å². The van der Waals surface area contributed by atoms with Crippen molar-refractivity contribution >= 4 is 17.6 Å². The van der Waals surface area contributed by atoms with Gasteiger partial charge in [-0.05, 0) is 27.7 Å². The van der Waals surface area contributed by atoms with Crippen molar-refractivity contribution in [3.05, 3.63) is 0 Å². The Balaban J connectivity index is 3.77. The maximum absolute atomic E-state index is 11.6. The highest BCUT2D eigenvalue weighted by molar-refractivity contribution is 6.17. The van der Waals surface area contributed by atoms with Crippen LogP contribution in [0.4, 0.5) is 0 Å². The van der Waals surface area contributed by atoms with Gasteiger partial charge in [0.05, 0.1) is 19.3 Å². The predicted molar refractivity (Wildman–Crippen MR) is 62.8 cm³/mol. The fourth-order valence-corrected chi connectivity index (χ4v) is 1.02. The van der Waals surface area contributed by atoms with Crippen LogP contribution < -0.4 is 0 Å². The summed E-state index contributed by atoms with van der Waals surface area (Å²) in [6, 6.07) is 0. The van der Waals surface area contributed by atoms with Gasteiger partial charge in [-0.1, -0.05) is 0 Å². The molecule has 0 radical (unpaired) electrons. The molecule has 0 heterocycles. The molecule has 0 N–H and O–H groups in total. The third kappa shape index (κ3) is 7.04. The van der Waals surface area contributed by atoms with E-state index in [9.17, 15) is 4.79 Å². The zero-order valence-corrected chi connectivity index (χ0v) is 11.2. The molecule has 0 aliphatic heterocycles. The monoisotopic (exact) mass is 252 g/mol. The minimum absolute atomic E-state index is 0.138. The molecule has 0 atom stereocenters. The van der Waals surface area contributed by atoms with E-state index in [1.54, 1.807) is 13.8 Å². The fourth-order valence-electron chi connectivity index (χ4n) is 0.945. The molecule has 0 fully saturated rings. The first kappa shape index (κ1) is 15.7. The highest BCUT2D eigenvalue weighted by atomic mass is 35.5. The minimum Gasteiger partial charge on any atom is -0.461 e. The molecule has 0 unspecified atom stereocenters. The van der Waals surface area contributed by atoms with Crippen LogP contribution in [-0.2, 0) is 19.0 Å². The Morgan fingerprint density at radius 3 is 2.38 bits per heavy atom. The summed E-state index contributed by atoms with van der Waals surface area (Å²) in [6.07, 6.45) is 0.138. The van der Waals surface area contributed by atoms with Crippen molar-refractivity contribution in [3.63, 3.8) is 0 Å². The molecule has 0 aromatic rings. The van der Waals surface area contributed by atoms with E-state index in [4.69, 9.17) is 25.8 Å². The van der Waals surface area contributed by atoms with E-state index in [0.29, 0.717) is 19.1 Å². The SMILES string of the molecule is CC(C)OCCOC(=O)C(C)(C)OCCCl. The van der Waals surface area contributed by atoms with Crippen molar-refractivity contribution in [2.75, 3.05) is 25.7 Å². The molecule has 0 spiro atoms. The first-order valence-corrected chi connectivity index (χ1v) is 5.92. The van der Waals surface area contributed by atoms with Gasteiger partial charge >= 0.3 is 5.97 Å². The summed E-state index contributed by atoms with van der Waals surface area (Å²) in [4.78, 5) is 11.6. The first-order valence-electron chi connectivity index (χ1n) is 5.39. The van der Waals surface area contributed by atoms with Crippen LogP contribution in [0.15, 0.2) is 0 Å². The lowest BCUT2D eigenvalue weighted by Gasteiger charge is -2.22. The van der Waals surface area contributed by atoms with Gasteiger partial charge in [0.2, 0.25) is 0 Å². The number of halogens is 1. The Morgan fingerprint density at radius 2 is 1.88 bits per heavy atom. The van der Waals surface area contributed by atoms with Crippen molar-refractivity contribution in [3.8, 4) is 0 Å². The quantitative estimate of drug-likeness (QED) is 0.377. The number of ether oxygens (including phenoxy) is 3. The topological polar surface area (TPSA) is 44.8 Å². The van der Waals surface area contributed by atoms with Crippen molar-refractivity contribution in [2.24, 2.45) is 0 Å². The van der Waals surface area contributed by atoms with E-state index in [-0.39, 0.29) is 12.7 Å². The van der Waals surface area contributed by atoms with Gasteiger partial charge in [-0.25, -0.2) is 4.79 Å². The van der Waals surface area contributed by atoms with Crippen molar-refractivity contribution < 1.29 is 19.0 Å². The molecule has 0 bridgehead atoms. The van der Waals surface area contributed by atoms with Gasteiger partial charge in [-0.2, -0.15) is 0 Å². The van der Waals surface area contributed by atoms with E-state index >= 15 is 0 Å². The number of carbonyl (C=O) groups is 1. The van der Waals surface area contributed by atoms with Crippen LogP contribution in [0.2, 0.25) is 0 Å². The lowest BCUT2D eigenvalue weighted by atomic mass is 10.1. The fraction of sp³-hybridized carbons (Fsp3) is 0.909. The number of hydrogen-bond acceptors (Lipinski definition) is 4. The Bertz CT molecular complexity index is 204. The number of alkyl halides is 1. The van der Waals surface area contributed by atoms with Gasteiger partial charge in [0, 0.05) is 5.88 Å². The molecular formula is C11H21ClO4. The number of rotatable bonds is 8. The molecule has 0 rings (SSSR count). The number of carbonyl (C=O) groups excluding carboxylic acids is 1. The summed E-state index contributed by atoms with van der Waals surface area (Å²) in [5.74, 6) is -0.0438. The second-order valence-corrected chi connectivity index (χ2v) is 4.48. The smallest absolute Gasteiger partial charge is 0.337 e. The number of esters is 1. The van der Waals surface area contributed by atoms with Crippen molar-refractivity contribution in [1.29, 1.82) is 0 Å². The third-order valence-corrected chi connectivity index (χ3v) is 1.95. The van der Waals surface area contributed by atoms with Gasteiger partial charge in [0.1, 0.15) is 6.61 Å². The average Bonchev–Trinajstić information content (AvgIpc) is 2.20. The second-order valence-electron chi connectivity index (χ2n) is 4.10. The van der Waals surface area contributed by atoms with Crippen LogP contribution in [0.5, 0.6) is 0 Å². The highest BCUT2D eigenvalue weighted by Crippen LogP contribution is 2.11. The van der Waals surface area contributed by atoms with Crippen molar-refractivity contribution in [1.82, 2.24) is 0 Å². The van der Waals surface area contributed by atoms with Gasteiger partial charge < -0.3 is 14.2 Å². The largest absolute Gasteiger partial charge is 0.461 e.